The quantitative estimate of drug-likeness (QED) is 0.319. The van der Waals surface area contributed by atoms with E-state index in [1.165, 1.54) is 0 Å². The number of hydrogen-bond donors (Lipinski definition) is 0. The number of carbonyl (C=O) groups is 2. The summed E-state index contributed by atoms with van der Waals surface area (Å²) >= 11 is 0. The zero-order valence-electron chi connectivity index (χ0n) is 16.7. The first kappa shape index (κ1) is 19.4. The monoisotopic (exact) mass is 396 g/mol. The molecule has 0 saturated heterocycles. The largest absolute Gasteiger partial charge is 0.422 e. The molecule has 148 valence electrons. The van der Waals surface area contributed by atoms with Gasteiger partial charge in [-0.2, -0.15) is 0 Å². The molecule has 0 fully saturated rings. The number of hydrogen-bond acceptors (Lipinski definition) is 4. The maximum Gasteiger partial charge on any atom is 0.343 e. The summed E-state index contributed by atoms with van der Waals surface area (Å²) in [7, 11) is 0. The van der Waals surface area contributed by atoms with Crippen LogP contribution >= 0.6 is 0 Å². The van der Waals surface area contributed by atoms with Gasteiger partial charge in [0.05, 0.1) is 11.1 Å². The maximum absolute atomic E-state index is 12.7. The highest BCUT2D eigenvalue weighted by Crippen LogP contribution is 2.33. The summed E-state index contributed by atoms with van der Waals surface area (Å²) in [6.07, 6.45) is 0. The molecule has 0 atom stereocenters. The van der Waals surface area contributed by atoms with Gasteiger partial charge >= 0.3 is 11.9 Å². The molecule has 4 rings (SSSR count). The molecule has 30 heavy (non-hydrogen) atoms. The molecule has 0 aromatic heterocycles. The number of ether oxygens (including phenoxy) is 2. The minimum atomic E-state index is -0.428. The fraction of sp³-hybridized carbons (Fsp3) is 0.0769. The molecule has 0 aliphatic heterocycles. The summed E-state index contributed by atoms with van der Waals surface area (Å²) in [5.74, 6) is -0.0325. The fourth-order valence-electron chi connectivity index (χ4n) is 3.34. The van der Waals surface area contributed by atoms with Crippen molar-refractivity contribution < 1.29 is 19.1 Å². The molecule has 4 aromatic carbocycles. The molecule has 4 nitrogen and oxygen atoms in total. The normalized spacial score (nSPS) is 10.6. The van der Waals surface area contributed by atoms with E-state index in [0.29, 0.717) is 33.4 Å². The van der Waals surface area contributed by atoms with E-state index in [4.69, 9.17) is 9.47 Å². The van der Waals surface area contributed by atoms with Crippen molar-refractivity contribution in [2.75, 3.05) is 0 Å². The Balaban J connectivity index is 1.67. The Bertz CT molecular complexity index is 1160. The van der Waals surface area contributed by atoms with Gasteiger partial charge in [0, 0.05) is 10.8 Å². The Labute approximate surface area is 174 Å². The van der Waals surface area contributed by atoms with Crippen LogP contribution in [0.15, 0.2) is 84.9 Å². The molecule has 0 saturated carbocycles. The Morgan fingerprint density at radius 2 is 0.933 bits per heavy atom. The second-order valence-corrected chi connectivity index (χ2v) is 7.02. The summed E-state index contributed by atoms with van der Waals surface area (Å²) in [4.78, 5) is 25.3. The SMILES string of the molecule is Cc1ccccc1C(=O)Oc1cccc2c(OC(=O)c3ccccc3C)cccc12. The first-order chi connectivity index (χ1) is 14.5. The third-order valence-electron chi connectivity index (χ3n) is 4.98. The molecule has 0 amide bonds. The van der Waals surface area contributed by atoms with E-state index in [1.807, 2.05) is 50.2 Å². The van der Waals surface area contributed by atoms with Crippen LogP contribution in [0.1, 0.15) is 31.8 Å². The number of aryl methyl sites for hydroxylation is 2. The number of carbonyl (C=O) groups excluding carboxylic acids is 2. The van der Waals surface area contributed by atoms with E-state index in [1.54, 1.807) is 48.5 Å². The second-order valence-electron chi connectivity index (χ2n) is 7.02. The van der Waals surface area contributed by atoms with Crippen LogP contribution in [0.5, 0.6) is 11.5 Å². The zero-order valence-corrected chi connectivity index (χ0v) is 16.7. The van der Waals surface area contributed by atoms with E-state index < -0.39 is 11.9 Å². The van der Waals surface area contributed by atoms with Crippen molar-refractivity contribution in [1.29, 1.82) is 0 Å². The number of fused-ring (bicyclic) bond motifs is 1. The van der Waals surface area contributed by atoms with E-state index in [-0.39, 0.29) is 0 Å². The lowest BCUT2D eigenvalue weighted by molar-refractivity contribution is 0.0724. The molecule has 0 unspecified atom stereocenters. The van der Waals surface area contributed by atoms with E-state index >= 15 is 0 Å². The highest BCUT2D eigenvalue weighted by atomic mass is 16.5. The van der Waals surface area contributed by atoms with Crippen molar-refractivity contribution >= 4 is 22.7 Å². The van der Waals surface area contributed by atoms with Crippen molar-refractivity contribution in [3.8, 4) is 11.5 Å². The second kappa shape index (κ2) is 8.21. The van der Waals surface area contributed by atoms with Crippen molar-refractivity contribution in [3.63, 3.8) is 0 Å². The summed E-state index contributed by atoms with van der Waals surface area (Å²) in [5, 5.41) is 1.38. The molecular formula is C26H20O4. The van der Waals surface area contributed by atoms with Crippen molar-refractivity contribution in [2.45, 2.75) is 13.8 Å². The Morgan fingerprint density at radius 1 is 0.533 bits per heavy atom. The molecule has 0 N–H and O–H groups in total. The van der Waals surface area contributed by atoms with Crippen LogP contribution in [0.25, 0.3) is 10.8 Å². The van der Waals surface area contributed by atoms with Gasteiger partial charge in [0.15, 0.2) is 0 Å². The topological polar surface area (TPSA) is 52.6 Å². The van der Waals surface area contributed by atoms with Gasteiger partial charge in [0.25, 0.3) is 0 Å². The van der Waals surface area contributed by atoms with Crippen LogP contribution < -0.4 is 9.47 Å². The number of benzene rings is 4. The van der Waals surface area contributed by atoms with Gasteiger partial charge < -0.3 is 9.47 Å². The summed E-state index contributed by atoms with van der Waals surface area (Å²) in [5.41, 5.74) is 2.71. The molecule has 0 bridgehead atoms. The Hall–Kier alpha value is -3.92. The van der Waals surface area contributed by atoms with Gasteiger partial charge in [-0.05, 0) is 49.2 Å². The summed E-state index contributed by atoms with van der Waals surface area (Å²) < 4.78 is 11.4. The third-order valence-corrected chi connectivity index (χ3v) is 4.98. The molecule has 0 aliphatic carbocycles. The highest BCUT2D eigenvalue weighted by Gasteiger charge is 2.16. The van der Waals surface area contributed by atoms with Gasteiger partial charge in [-0.1, -0.05) is 60.7 Å². The molecule has 4 heteroatoms. The standard InChI is InChI=1S/C26H20O4/c1-17-9-3-5-11-19(17)25(27)29-23-15-7-14-22-21(23)13-8-16-24(22)30-26(28)20-12-6-4-10-18(20)2/h3-16H,1-2H3. The third kappa shape index (κ3) is 3.80. The van der Waals surface area contributed by atoms with Gasteiger partial charge in [0.1, 0.15) is 11.5 Å². The lowest BCUT2D eigenvalue weighted by atomic mass is 10.1. The van der Waals surface area contributed by atoms with Gasteiger partial charge in [-0.15, -0.1) is 0 Å². The molecule has 0 aliphatic rings. The van der Waals surface area contributed by atoms with E-state index in [9.17, 15) is 9.59 Å². The van der Waals surface area contributed by atoms with Crippen LogP contribution in [0, 0.1) is 13.8 Å². The summed E-state index contributed by atoms with van der Waals surface area (Å²) in [6.45, 7) is 3.73. The highest BCUT2D eigenvalue weighted by molar-refractivity contribution is 6.00. The van der Waals surface area contributed by atoms with Crippen LogP contribution in [-0.2, 0) is 0 Å². The van der Waals surface area contributed by atoms with Gasteiger partial charge in [0.2, 0.25) is 0 Å². The maximum atomic E-state index is 12.7. The van der Waals surface area contributed by atoms with E-state index in [0.717, 1.165) is 11.1 Å². The van der Waals surface area contributed by atoms with Crippen molar-refractivity contribution in [3.05, 3.63) is 107 Å². The molecular weight excluding hydrogens is 376 g/mol. The predicted octanol–water partition coefficient (Wildman–Crippen LogP) is 5.90. The molecule has 0 spiro atoms. The van der Waals surface area contributed by atoms with Gasteiger partial charge in [-0.3, -0.25) is 0 Å². The van der Waals surface area contributed by atoms with Crippen LogP contribution in [0.2, 0.25) is 0 Å². The minimum absolute atomic E-state index is 0.412. The molecule has 0 radical (unpaired) electrons. The lowest BCUT2D eigenvalue weighted by Gasteiger charge is -2.12. The predicted molar refractivity (Wildman–Crippen MR) is 116 cm³/mol. The summed E-state index contributed by atoms with van der Waals surface area (Å²) in [6, 6.07) is 25.2. The molecule has 0 heterocycles. The number of esters is 2. The van der Waals surface area contributed by atoms with Crippen LogP contribution in [0.4, 0.5) is 0 Å². The fourth-order valence-corrected chi connectivity index (χ4v) is 3.34. The Kier molecular flexibility index (Phi) is 5.31. The lowest BCUT2D eigenvalue weighted by Crippen LogP contribution is -2.11. The van der Waals surface area contributed by atoms with Gasteiger partial charge in [-0.25, -0.2) is 9.59 Å². The minimum Gasteiger partial charge on any atom is -0.422 e. The Morgan fingerprint density at radius 3 is 1.33 bits per heavy atom. The molecule has 4 aromatic rings. The van der Waals surface area contributed by atoms with Crippen LogP contribution in [-0.4, -0.2) is 11.9 Å². The first-order valence-corrected chi connectivity index (χ1v) is 9.62. The van der Waals surface area contributed by atoms with Crippen molar-refractivity contribution in [1.82, 2.24) is 0 Å². The first-order valence-electron chi connectivity index (χ1n) is 9.62. The number of rotatable bonds is 4. The zero-order chi connectivity index (χ0) is 21.1. The van der Waals surface area contributed by atoms with Crippen LogP contribution in [0.3, 0.4) is 0 Å². The van der Waals surface area contributed by atoms with Crippen molar-refractivity contribution in [2.24, 2.45) is 0 Å². The smallest absolute Gasteiger partial charge is 0.343 e. The average Bonchev–Trinajstić information content (AvgIpc) is 2.75. The average molecular weight is 396 g/mol. The van der Waals surface area contributed by atoms with E-state index in [2.05, 4.69) is 0 Å².